The van der Waals surface area contributed by atoms with Gasteiger partial charge in [-0.25, -0.2) is 4.68 Å². The molecule has 4 nitrogen and oxygen atoms in total. The Morgan fingerprint density at radius 2 is 2.27 bits per heavy atom. The van der Waals surface area contributed by atoms with E-state index in [1.807, 2.05) is 11.6 Å². The van der Waals surface area contributed by atoms with Gasteiger partial charge in [-0.3, -0.25) is 0 Å². The summed E-state index contributed by atoms with van der Waals surface area (Å²) in [6, 6.07) is 0.387. The average molecular weight is 274 g/mol. The van der Waals surface area contributed by atoms with Crippen LogP contribution in [0.25, 0.3) is 0 Å². The van der Waals surface area contributed by atoms with Gasteiger partial charge in [0, 0.05) is 13.2 Å². The van der Waals surface area contributed by atoms with Gasteiger partial charge in [-0.15, -0.1) is 0 Å². The van der Waals surface area contributed by atoms with Crippen LogP contribution < -0.4 is 5.73 Å². The summed E-state index contributed by atoms with van der Waals surface area (Å²) >= 11 is 3.45. The molecule has 84 valence electrons. The second kappa shape index (κ2) is 4.53. The molecule has 1 fully saturated rings. The summed E-state index contributed by atoms with van der Waals surface area (Å²) in [5.41, 5.74) is 6.95. The summed E-state index contributed by atoms with van der Waals surface area (Å²) < 4.78 is 8.29. The van der Waals surface area contributed by atoms with Crippen molar-refractivity contribution in [3.63, 3.8) is 0 Å². The number of aryl methyl sites for hydroxylation is 1. The van der Waals surface area contributed by atoms with Crippen LogP contribution in [0.1, 0.15) is 31.0 Å². The van der Waals surface area contributed by atoms with Crippen molar-refractivity contribution in [2.75, 3.05) is 18.9 Å². The number of anilines is 1. The number of nitrogens with zero attached hydrogens (tertiary/aromatic N) is 2. The smallest absolute Gasteiger partial charge is 0.136 e. The van der Waals surface area contributed by atoms with E-state index in [1.165, 1.54) is 0 Å². The van der Waals surface area contributed by atoms with Gasteiger partial charge in [0.15, 0.2) is 0 Å². The lowest BCUT2D eigenvalue weighted by molar-refractivity contribution is 0.141. The largest absolute Gasteiger partial charge is 0.383 e. The van der Waals surface area contributed by atoms with Gasteiger partial charge in [0.05, 0.1) is 16.2 Å². The number of hydrogen-bond acceptors (Lipinski definition) is 3. The maximum atomic E-state index is 6.00. The third-order valence-electron chi connectivity index (χ3n) is 2.81. The molecule has 2 rings (SSSR count). The second-order valence-corrected chi connectivity index (χ2v) is 4.72. The van der Waals surface area contributed by atoms with Gasteiger partial charge in [0.1, 0.15) is 5.82 Å². The first kappa shape index (κ1) is 11.0. The number of aromatic nitrogens is 2. The lowest BCUT2D eigenvalue weighted by Gasteiger charge is -2.15. The first-order valence-electron chi connectivity index (χ1n) is 5.28. The van der Waals surface area contributed by atoms with Crippen molar-refractivity contribution in [2.24, 2.45) is 0 Å². The highest BCUT2D eigenvalue weighted by Gasteiger charge is 2.19. The number of halogens is 1. The van der Waals surface area contributed by atoms with Crippen LogP contribution in [0.3, 0.4) is 0 Å². The molecule has 15 heavy (non-hydrogen) atoms. The topological polar surface area (TPSA) is 53.1 Å². The van der Waals surface area contributed by atoms with E-state index in [0.29, 0.717) is 6.04 Å². The molecular formula is C10H16BrN3O. The van der Waals surface area contributed by atoms with Crippen LogP contribution in [0.2, 0.25) is 0 Å². The Kier molecular flexibility index (Phi) is 3.31. The number of hydrogen-bond donors (Lipinski definition) is 1. The molecule has 1 saturated heterocycles. The normalized spacial score (nSPS) is 22.7. The van der Waals surface area contributed by atoms with Crippen molar-refractivity contribution < 1.29 is 4.74 Å². The monoisotopic (exact) mass is 273 g/mol. The van der Waals surface area contributed by atoms with E-state index in [4.69, 9.17) is 10.5 Å². The van der Waals surface area contributed by atoms with Crippen LogP contribution in [0.15, 0.2) is 4.47 Å². The van der Waals surface area contributed by atoms with E-state index < -0.39 is 0 Å². The molecule has 1 aromatic heterocycles. The molecule has 0 aromatic carbocycles. The third kappa shape index (κ3) is 2.18. The summed E-state index contributed by atoms with van der Waals surface area (Å²) in [6.45, 7) is 3.63. The minimum atomic E-state index is 0.387. The van der Waals surface area contributed by atoms with Crippen molar-refractivity contribution in [1.29, 1.82) is 0 Å². The van der Waals surface area contributed by atoms with E-state index in [9.17, 15) is 0 Å². The fourth-order valence-electron chi connectivity index (χ4n) is 1.95. The summed E-state index contributed by atoms with van der Waals surface area (Å²) in [6.07, 6.45) is 3.18. The van der Waals surface area contributed by atoms with E-state index >= 15 is 0 Å². The zero-order valence-electron chi connectivity index (χ0n) is 8.87. The SMILES string of the molecule is Cc1nn(C2CCCOCC2)c(N)c1Br. The number of nitrogens with two attached hydrogens (primary N) is 1. The van der Waals surface area contributed by atoms with Crippen LogP contribution in [0, 0.1) is 6.92 Å². The lowest BCUT2D eigenvalue weighted by Crippen LogP contribution is -2.13. The molecule has 0 saturated carbocycles. The fourth-order valence-corrected chi connectivity index (χ4v) is 2.22. The molecule has 1 atom stereocenters. The van der Waals surface area contributed by atoms with Gasteiger partial charge in [-0.05, 0) is 42.1 Å². The van der Waals surface area contributed by atoms with Crippen molar-refractivity contribution in [3.8, 4) is 0 Å². The van der Waals surface area contributed by atoms with Crippen molar-refractivity contribution in [3.05, 3.63) is 10.2 Å². The molecule has 0 aliphatic carbocycles. The summed E-state index contributed by atoms with van der Waals surface area (Å²) in [5, 5.41) is 4.46. The number of rotatable bonds is 1. The van der Waals surface area contributed by atoms with E-state index in [1.54, 1.807) is 0 Å². The number of ether oxygens (including phenoxy) is 1. The van der Waals surface area contributed by atoms with Gasteiger partial charge in [0.2, 0.25) is 0 Å². The Morgan fingerprint density at radius 3 is 2.93 bits per heavy atom. The predicted molar refractivity (Wildman–Crippen MR) is 62.8 cm³/mol. The molecule has 0 spiro atoms. The van der Waals surface area contributed by atoms with Crippen molar-refractivity contribution in [2.45, 2.75) is 32.2 Å². The molecule has 0 bridgehead atoms. The first-order valence-corrected chi connectivity index (χ1v) is 6.07. The van der Waals surface area contributed by atoms with Crippen LogP contribution in [-0.2, 0) is 4.74 Å². The van der Waals surface area contributed by atoms with Crippen LogP contribution in [0.5, 0.6) is 0 Å². The minimum absolute atomic E-state index is 0.387. The van der Waals surface area contributed by atoms with Crippen LogP contribution in [0.4, 0.5) is 5.82 Å². The summed E-state index contributed by atoms with van der Waals surface area (Å²) in [5.74, 6) is 0.736. The molecule has 1 unspecified atom stereocenters. The van der Waals surface area contributed by atoms with Gasteiger partial charge in [0.25, 0.3) is 0 Å². The second-order valence-electron chi connectivity index (χ2n) is 3.93. The molecule has 0 amide bonds. The highest BCUT2D eigenvalue weighted by Crippen LogP contribution is 2.30. The zero-order chi connectivity index (χ0) is 10.8. The number of nitrogen functional groups attached to an aromatic ring is 1. The molecule has 1 aromatic rings. The van der Waals surface area contributed by atoms with Crippen LogP contribution in [-0.4, -0.2) is 23.0 Å². The fraction of sp³-hybridized carbons (Fsp3) is 0.700. The highest BCUT2D eigenvalue weighted by atomic mass is 79.9. The van der Waals surface area contributed by atoms with Crippen LogP contribution >= 0.6 is 15.9 Å². The Hall–Kier alpha value is -0.550. The lowest BCUT2D eigenvalue weighted by atomic mass is 10.1. The molecule has 1 aliphatic rings. The Labute approximate surface area is 97.9 Å². The molecule has 1 aliphatic heterocycles. The highest BCUT2D eigenvalue weighted by molar-refractivity contribution is 9.10. The molecule has 5 heteroatoms. The standard InChI is InChI=1S/C10H16BrN3O/c1-7-9(11)10(12)14(13-7)8-3-2-5-15-6-4-8/h8H,2-6,12H2,1H3. The zero-order valence-corrected chi connectivity index (χ0v) is 10.5. The predicted octanol–water partition coefficient (Wildman–Crippen LogP) is 2.28. The third-order valence-corrected chi connectivity index (χ3v) is 3.79. The minimum Gasteiger partial charge on any atom is -0.383 e. The van der Waals surface area contributed by atoms with Gasteiger partial charge in [-0.2, -0.15) is 5.10 Å². The van der Waals surface area contributed by atoms with Gasteiger partial charge < -0.3 is 10.5 Å². The Balaban J connectivity index is 2.23. The van der Waals surface area contributed by atoms with Gasteiger partial charge >= 0.3 is 0 Å². The van der Waals surface area contributed by atoms with E-state index in [0.717, 1.165) is 48.5 Å². The Morgan fingerprint density at radius 1 is 1.47 bits per heavy atom. The summed E-state index contributed by atoms with van der Waals surface area (Å²) in [7, 11) is 0. The van der Waals surface area contributed by atoms with E-state index in [2.05, 4.69) is 21.0 Å². The quantitative estimate of drug-likeness (QED) is 0.854. The Bertz CT molecular complexity index is 343. The maximum absolute atomic E-state index is 6.00. The first-order chi connectivity index (χ1) is 7.20. The van der Waals surface area contributed by atoms with E-state index in [-0.39, 0.29) is 0 Å². The molecule has 0 radical (unpaired) electrons. The van der Waals surface area contributed by atoms with Gasteiger partial charge in [-0.1, -0.05) is 0 Å². The molecule has 2 N–H and O–H groups in total. The summed E-state index contributed by atoms with van der Waals surface area (Å²) in [4.78, 5) is 0. The average Bonchev–Trinajstić information content (AvgIpc) is 2.51. The molecule has 2 heterocycles. The maximum Gasteiger partial charge on any atom is 0.136 e. The molecular weight excluding hydrogens is 258 g/mol. The van der Waals surface area contributed by atoms with Crippen molar-refractivity contribution in [1.82, 2.24) is 9.78 Å². The van der Waals surface area contributed by atoms with Crippen molar-refractivity contribution >= 4 is 21.7 Å².